The van der Waals surface area contributed by atoms with E-state index in [0.717, 1.165) is 24.8 Å². The third-order valence-electron chi connectivity index (χ3n) is 6.64. The first kappa shape index (κ1) is 17.2. The molecule has 2 bridgehead atoms. The Balaban J connectivity index is 1.43. The number of fused-ring (bicyclic) bond motifs is 3. The van der Waals surface area contributed by atoms with Crippen LogP contribution in [0, 0.1) is 5.82 Å². The second-order valence-corrected chi connectivity index (χ2v) is 8.18. The van der Waals surface area contributed by atoms with Crippen molar-refractivity contribution in [3.63, 3.8) is 0 Å². The smallest absolute Gasteiger partial charge is 0.340 e. The van der Waals surface area contributed by atoms with Crippen molar-refractivity contribution in [2.45, 2.75) is 56.3 Å². The summed E-state index contributed by atoms with van der Waals surface area (Å²) < 4.78 is 27.3. The summed E-state index contributed by atoms with van der Waals surface area (Å²) in [7, 11) is 2.17. The van der Waals surface area contributed by atoms with Gasteiger partial charge in [-0.2, -0.15) is 0 Å². The molecule has 0 unspecified atom stereocenters. The van der Waals surface area contributed by atoms with Crippen LogP contribution >= 0.6 is 0 Å². The number of hydrogen-bond donors (Lipinski definition) is 0. The third kappa shape index (κ3) is 2.95. The lowest BCUT2D eigenvalue weighted by Gasteiger charge is -2.35. The number of benzene rings is 1. The van der Waals surface area contributed by atoms with Crippen LogP contribution in [-0.2, 0) is 9.47 Å². The van der Waals surface area contributed by atoms with Crippen LogP contribution in [-0.4, -0.2) is 53.9 Å². The molecule has 0 radical (unpaired) electrons. The van der Waals surface area contributed by atoms with Gasteiger partial charge in [0, 0.05) is 48.6 Å². The summed E-state index contributed by atoms with van der Waals surface area (Å²) in [5, 5.41) is 0.628. The van der Waals surface area contributed by atoms with E-state index in [1.54, 1.807) is 6.07 Å². The molecule has 3 fully saturated rings. The van der Waals surface area contributed by atoms with E-state index in [1.807, 2.05) is 6.20 Å². The summed E-state index contributed by atoms with van der Waals surface area (Å²) >= 11 is 0. The molecule has 3 aliphatic rings. The second kappa shape index (κ2) is 6.60. The van der Waals surface area contributed by atoms with Crippen molar-refractivity contribution in [2.75, 3.05) is 20.3 Å². The maximum Gasteiger partial charge on any atom is 0.340 e. The molecule has 5 rings (SSSR count). The molecule has 27 heavy (non-hydrogen) atoms. The highest BCUT2D eigenvalue weighted by molar-refractivity contribution is 6.04. The molecule has 0 amide bonds. The lowest BCUT2D eigenvalue weighted by molar-refractivity contribution is -0.000291. The zero-order chi connectivity index (χ0) is 18.5. The molecule has 1 aromatic carbocycles. The number of hydrogen-bond acceptors (Lipinski definition) is 4. The number of esters is 1. The highest BCUT2D eigenvalue weighted by atomic mass is 19.1. The van der Waals surface area contributed by atoms with Crippen molar-refractivity contribution in [1.29, 1.82) is 0 Å². The Kier molecular flexibility index (Phi) is 4.20. The van der Waals surface area contributed by atoms with Crippen molar-refractivity contribution in [2.24, 2.45) is 0 Å². The Bertz CT molecular complexity index is 860. The molecule has 3 saturated heterocycles. The minimum atomic E-state index is -0.339. The van der Waals surface area contributed by atoms with Crippen molar-refractivity contribution < 1.29 is 18.7 Å². The number of carbonyl (C=O) groups is 1. The maximum atomic E-state index is 13.9. The van der Waals surface area contributed by atoms with Crippen molar-refractivity contribution >= 4 is 16.9 Å². The predicted molar refractivity (Wildman–Crippen MR) is 99.4 cm³/mol. The van der Waals surface area contributed by atoms with E-state index in [9.17, 15) is 9.18 Å². The first-order valence-electron chi connectivity index (χ1n) is 9.91. The normalized spacial score (nSPS) is 30.9. The average molecular weight is 372 g/mol. The quantitative estimate of drug-likeness (QED) is 0.774. The summed E-state index contributed by atoms with van der Waals surface area (Å²) in [6.45, 7) is 1.33. The number of rotatable bonds is 3. The maximum absolute atomic E-state index is 13.9. The average Bonchev–Trinajstić information content (AvgIpc) is 3.33. The molecule has 0 spiro atoms. The van der Waals surface area contributed by atoms with Crippen LogP contribution in [0.1, 0.15) is 48.5 Å². The van der Waals surface area contributed by atoms with Crippen LogP contribution in [0.3, 0.4) is 0 Å². The van der Waals surface area contributed by atoms with Gasteiger partial charge < -0.3 is 18.9 Å². The van der Waals surface area contributed by atoms with Crippen LogP contribution in [0.15, 0.2) is 24.4 Å². The number of piperidine rings is 1. The van der Waals surface area contributed by atoms with Gasteiger partial charge in [-0.05, 0) is 44.5 Å². The molecule has 4 heterocycles. The van der Waals surface area contributed by atoms with E-state index in [2.05, 4.69) is 16.5 Å². The summed E-state index contributed by atoms with van der Waals surface area (Å²) in [5.74, 6) is -0.675. The Hall–Kier alpha value is -1.92. The van der Waals surface area contributed by atoms with Crippen LogP contribution in [0.5, 0.6) is 0 Å². The van der Waals surface area contributed by atoms with Gasteiger partial charge in [0.2, 0.25) is 0 Å². The van der Waals surface area contributed by atoms with Crippen LogP contribution < -0.4 is 0 Å². The Morgan fingerprint density at radius 3 is 2.67 bits per heavy atom. The van der Waals surface area contributed by atoms with Crippen molar-refractivity contribution in [3.8, 4) is 0 Å². The van der Waals surface area contributed by atoms with Crippen LogP contribution in [0.25, 0.3) is 10.9 Å². The molecule has 144 valence electrons. The minimum absolute atomic E-state index is 0.0482. The molecular weight excluding hydrogens is 347 g/mol. The van der Waals surface area contributed by atoms with Gasteiger partial charge in [-0.3, -0.25) is 0 Å². The Morgan fingerprint density at radius 1 is 1.19 bits per heavy atom. The number of ether oxygens (including phenoxy) is 2. The van der Waals surface area contributed by atoms with Gasteiger partial charge in [0.1, 0.15) is 11.9 Å². The van der Waals surface area contributed by atoms with Gasteiger partial charge >= 0.3 is 5.97 Å². The highest BCUT2D eigenvalue weighted by Gasteiger charge is 2.40. The molecule has 6 heteroatoms. The second-order valence-electron chi connectivity index (χ2n) is 8.18. The molecule has 5 nitrogen and oxygen atoms in total. The van der Waals surface area contributed by atoms with E-state index >= 15 is 0 Å². The highest BCUT2D eigenvalue weighted by Crippen LogP contribution is 2.36. The van der Waals surface area contributed by atoms with Crippen molar-refractivity contribution in [3.05, 3.63) is 35.8 Å². The van der Waals surface area contributed by atoms with E-state index in [-0.39, 0.29) is 23.9 Å². The standard InChI is InChI=1S/C21H25FN2O3/c1-23-14-3-4-15(23)10-17(9-14)27-21(25)19-11-24(16-6-7-26-12-16)20-5-2-13(22)8-18(19)20/h2,5,8,11,14-17H,3-4,6-7,9-10,12H2,1H3/t14-,15+,16-,17+/m1/s1. The molecule has 3 aliphatic heterocycles. The Morgan fingerprint density at radius 2 is 1.96 bits per heavy atom. The van der Waals surface area contributed by atoms with Crippen LogP contribution in [0.4, 0.5) is 4.39 Å². The zero-order valence-corrected chi connectivity index (χ0v) is 15.6. The van der Waals surface area contributed by atoms with Gasteiger partial charge in [0.15, 0.2) is 0 Å². The molecule has 0 aliphatic carbocycles. The summed E-state index contributed by atoms with van der Waals surface area (Å²) in [6.07, 6.45) is 6.82. The number of carbonyl (C=O) groups excluding carboxylic acids is 1. The summed E-state index contributed by atoms with van der Waals surface area (Å²) in [6, 6.07) is 5.83. The van der Waals surface area contributed by atoms with Gasteiger partial charge in [-0.15, -0.1) is 0 Å². The van der Waals surface area contributed by atoms with Gasteiger partial charge in [-0.1, -0.05) is 0 Å². The first-order valence-corrected chi connectivity index (χ1v) is 9.91. The largest absolute Gasteiger partial charge is 0.459 e. The number of nitrogens with zero attached hydrogens (tertiary/aromatic N) is 2. The molecule has 1 aromatic heterocycles. The fraction of sp³-hybridized carbons (Fsp3) is 0.571. The van der Waals surface area contributed by atoms with Gasteiger partial charge in [-0.25, -0.2) is 9.18 Å². The van der Waals surface area contributed by atoms with E-state index < -0.39 is 0 Å². The fourth-order valence-electron chi connectivity index (χ4n) is 5.11. The molecule has 0 N–H and O–H groups in total. The first-order chi connectivity index (χ1) is 13.1. The molecule has 4 atom stereocenters. The monoisotopic (exact) mass is 372 g/mol. The zero-order valence-electron chi connectivity index (χ0n) is 15.6. The SMILES string of the molecule is CN1[C@@H]2CC[C@H]1C[C@@H](OC(=O)c1cn([C@@H]3CCOC3)c3ccc(F)cc13)C2. The molecular formula is C21H25FN2O3. The topological polar surface area (TPSA) is 43.7 Å². The summed E-state index contributed by atoms with van der Waals surface area (Å²) in [5.41, 5.74) is 1.32. The Labute approximate surface area is 158 Å². The molecule has 0 saturated carbocycles. The van der Waals surface area contributed by atoms with Gasteiger partial charge in [0.25, 0.3) is 0 Å². The lowest BCUT2D eigenvalue weighted by Crippen LogP contribution is -2.43. The minimum Gasteiger partial charge on any atom is -0.459 e. The van der Waals surface area contributed by atoms with Gasteiger partial charge in [0.05, 0.1) is 18.2 Å². The van der Waals surface area contributed by atoms with Crippen molar-refractivity contribution in [1.82, 2.24) is 9.47 Å². The predicted octanol–water partition coefficient (Wildman–Crippen LogP) is 3.52. The fourth-order valence-corrected chi connectivity index (χ4v) is 5.11. The number of halogens is 1. The van der Waals surface area contributed by atoms with E-state index in [4.69, 9.17) is 9.47 Å². The van der Waals surface area contributed by atoms with Crippen LogP contribution in [0.2, 0.25) is 0 Å². The van der Waals surface area contributed by atoms with E-state index in [1.165, 1.54) is 25.0 Å². The lowest BCUT2D eigenvalue weighted by atomic mass is 10.0. The number of aromatic nitrogens is 1. The summed E-state index contributed by atoms with van der Waals surface area (Å²) in [4.78, 5) is 15.4. The third-order valence-corrected chi connectivity index (χ3v) is 6.64. The van der Waals surface area contributed by atoms with E-state index in [0.29, 0.717) is 36.2 Å². The molecule has 2 aromatic rings.